The maximum absolute atomic E-state index is 13.2. The lowest BCUT2D eigenvalue weighted by Crippen LogP contribution is -2.23. The van der Waals surface area contributed by atoms with Crippen LogP contribution in [0.5, 0.6) is 5.75 Å². The van der Waals surface area contributed by atoms with Crippen LogP contribution in [0.3, 0.4) is 0 Å². The molecule has 0 aliphatic heterocycles. The van der Waals surface area contributed by atoms with E-state index in [2.05, 4.69) is 26.0 Å². The molecule has 0 unspecified atom stereocenters. The molecule has 0 radical (unpaired) electrons. The van der Waals surface area contributed by atoms with E-state index in [-0.39, 0.29) is 18.1 Å². The number of hydrogen-bond acceptors (Lipinski definition) is 4. The molecule has 3 aromatic carbocycles. The van der Waals surface area contributed by atoms with Gasteiger partial charge in [-0.2, -0.15) is 9.78 Å². The molecule has 0 atom stereocenters. The molecular formula is C25H19BrCl3N3O2. The van der Waals surface area contributed by atoms with Crippen LogP contribution in [0.2, 0.25) is 15.1 Å². The maximum atomic E-state index is 13.2. The SMILES string of the molecule is CC(C)c1nc2ccc(Br)cc2c(=O)n1N=Cc1cc(Cl)c(OCc2ccccc2Cl)c(Cl)c1. The second-order valence-electron chi connectivity index (χ2n) is 7.84. The quantitative estimate of drug-likeness (QED) is 0.220. The average molecular weight is 580 g/mol. The summed E-state index contributed by atoms with van der Waals surface area (Å²) in [5.41, 5.74) is 1.78. The van der Waals surface area contributed by atoms with E-state index in [1.807, 2.05) is 44.2 Å². The molecule has 0 aliphatic rings. The minimum Gasteiger partial charge on any atom is -0.486 e. The molecule has 5 nitrogen and oxygen atoms in total. The molecule has 1 heterocycles. The van der Waals surface area contributed by atoms with Crippen molar-refractivity contribution in [1.29, 1.82) is 0 Å². The largest absolute Gasteiger partial charge is 0.486 e. The van der Waals surface area contributed by atoms with E-state index in [9.17, 15) is 4.79 Å². The molecule has 0 fully saturated rings. The fraction of sp³-hybridized carbons (Fsp3) is 0.160. The summed E-state index contributed by atoms with van der Waals surface area (Å²) in [7, 11) is 0. The van der Waals surface area contributed by atoms with Gasteiger partial charge in [0.15, 0.2) is 5.75 Å². The van der Waals surface area contributed by atoms with E-state index in [4.69, 9.17) is 39.5 Å². The van der Waals surface area contributed by atoms with Gasteiger partial charge in [0.1, 0.15) is 12.4 Å². The molecule has 0 saturated carbocycles. The van der Waals surface area contributed by atoms with Crippen molar-refractivity contribution in [2.45, 2.75) is 26.4 Å². The van der Waals surface area contributed by atoms with Crippen LogP contribution in [0.4, 0.5) is 0 Å². The zero-order chi connectivity index (χ0) is 24.4. The smallest absolute Gasteiger partial charge is 0.282 e. The Morgan fingerprint density at radius 2 is 1.76 bits per heavy atom. The molecule has 34 heavy (non-hydrogen) atoms. The first-order valence-corrected chi connectivity index (χ1v) is 12.3. The molecule has 9 heteroatoms. The van der Waals surface area contributed by atoms with Crippen molar-refractivity contribution in [3.63, 3.8) is 0 Å². The zero-order valence-electron chi connectivity index (χ0n) is 18.2. The summed E-state index contributed by atoms with van der Waals surface area (Å²) in [6.45, 7) is 4.13. The summed E-state index contributed by atoms with van der Waals surface area (Å²) >= 11 is 22.5. The lowest BCUT2D eigenvalue weighted by atomic mass is 10.2. The lowest BCUT2D eigenvalue weighted by Gasteiger charge is -2.13. The highest BCUT2D eigenvalue weighted by Gasteiger charge is 2.15. The van der Waals surface area contributed by atoms with Crippen molar-refractivity contribution in [3.05, 3.63) is 101 Å². The Hall–Kier alpha value is -2.38. The topological polar surface area (TPSA) is 56.5 Å². The number of benzene rings is 3. The van der Waals surface area contributed by atoms with Gasteiger partial charge >= 0.3 is 0 Å². The van der Waals surface area contributed by atoms with E-state index in [0.717, 1.165) is 10.0 Å². The van der Waals surface area contributed by atoms with Crippen molar-refractivity contribution in [1.82, 2.24) is 9.66 Å². The van der Waals surface area contributed by atoms with Gasteiger partial charge in [-0.25, -0.2) is 4.98 Å². The summed E-state index contributed by atoms with van der Waals surface area (Å²) in [6.07, 6.45) is 1.52. The summed E-state index contributed by atoms with van der Waals surface area (Å²) in [6, 6.07) is 16.1. The first-order chi connectivity index (χ1) is 16.2. The number of halogens is 4. The predicted molar refractivity (Wildman–Crippen MR) is 143 cm³/mol. The summed E-state index contributed by atoms with van der Waals surface area (Å²) < 4.78 is 7.92. The second-order valence-corrected chi connectivity index (χ2v) is 9.98. The van der Waals surface area contributed by atoms with E-state index >= 15 is 0 Å². The predicted octanol–water partition coefficient (Wildman–Crippen LogP) is 7.70. The van der Waals surface area contributed by atoms with Crippen molar-refractivity contribution < 1.29 is 4.74 Å². The Bertz CT molecular complexity index is 1440. The van der Waals surface area contributed by atoms with Gasteiger partial charge in [-0.3, -0.25) is 4.79 Å². The van der Waals surface area contributed by atoms with E-state index in [1.54, 1.807) is 24.3 Å². The number of aromatic nitrogens is 2. The third kappa shape index (κ3) is 5.31. The average Bonchev–Trinajstić information content (AvgIpc) is 2.79. The van der Waals surface area contributed by atoms with Gasteiger partial charge in [0.25, 0.3) is 5.56 Å². The number of fused-ring (bicyclic) bond motifs is 1. The fourth-order valence-corrected chi connectivity index (χ4v) is 4.50. The molecule has 0 saturated heterocycles. The minimum atomic E-state index is -0.261. The number of hydrogen-bond donors (Lipinski definition) is 0. The Balaban J connectivity index is 1.66. The Morgan fingerprint density at radius 3 is 2.44 bits per heavy atom. The number of rotatable bonds is 6. The van der Waals surface area contributed by atoms with Crippen LogP contribution in [0.1, 0.15) is 36.7 Å². The van der Waals surface area contributed by atoms with Gasteiger partial charge in [-0.15, -0.1) is 0 Å². The number of ether oxygens (including phenoxy) is 1. The monoisotopic (exact) mass is 577 g/mol. The van der Waals surface area contributed by atoms with Crippen LogP contribution in [-0.2, 0) is 6.61 Å². The molecule has 4 aromatic rings. The first-order valence-electron chi connectivity index (χ1n) is 10.4. The molecule has 0 amide bonds. The Morgan fingerprint density at radius 1 is 1.06 bits per heavy atom. The Labute approximate surface area is 220 Å². The highest BCUT2D eigenvalue weighted by Crippen LogP contribution is 2.35. The third-order valence-corrected chi connectivity index (χ3v) is 6.45. The van der Waals surface area contributed by atoms with Gasteiger partial charge in [0.2, 0.25) is 0 Å². The molecule has 4 rings (SSSR count). The minimum absolute atomic E-state index is 0.0225. The Kier molecular flexibility index (Phi) is 7.63. The first kappa shape index (κ1) is 24.7. The fourth-order valence-electron chi connectivity index (χ4n) is 3.33. The van der Waals surface area contributed by atoms with Crippen LogP contribution in [0.25, 0.3) is 10.9 Å². The van der Waals surface area contributed by atoms with Gasteiger partial charge in [0, 0.05) is 21.0 Å². The summed E-state index contributed by atoms with van der Waals surface area (Å²) in [5, 5.41) is 6.12. The van der Waals surface area contributed by atoms with E-state index in [0.29, 0.717) is 43.1 Å². The van der Waals surface area contributed by atoms with Crippen LogP contribution in [0.15, 0.2) is 69.0 Å². The highest BCUT2D eigenvalue weighted by molar-refractivity contribution is 9.10. The molecule has 0 spiro atoms. The van der Waals surface area contributed by atoms with E-state index in [1.165, 1.54) is 10.9 Å². The van der Waals surface area contributed by atoms with Crippen molar-refractivity contribution in [3.8, 4) is 5.75 Å². The van der Waals surface area contributed by atoms with E-state index < -0.39 is 0 Å². The molecule has 174 valence electrons. The molecule has 0 bridgehead atoms. The van der Waals surface area contributed by atoms with Crippen molar-refractivity contribution in [2.24, 2.45) is 5.10 Å². The second kappa shape index (κ2) is 10.5. The standard InChI is InChI=1S/C25H19BrCl3N3O2/c1-14(2)24-31-22-8-7-17(26)11-18(22)25(33)32(24)30-12-15-9-20(28)23(21(29)10-15)34-13-16-5-3-4-6-19(16)27/h3-12,14H,13H2,1-2H3. The van der Waals surface area contributed by atoms with Gasteiger partial charge in [-0.05, 0) is 42.0 Å². The maximum Gasteiger partial charge on any atom is 0.282 e. The van der Waals surface area contributed by atoms with Gasteiger partial charge in [0.05, 0.1) is 27.2 Å². The van der Waals surface area contributed by atoms with Crippen molar-refractivity contribution in [2.75, 3.05) is 0 Å². The molecule has 0 aliphatic carbocycles. The molecular weight excluding hydrogens is 561 g/mol. The van der Waals surface area contributed by atoms with Crippen LogP contribution in [-0.4, -0.2) is 15.9 Å². The van der Waals surface area contributed by atoms with Gasteiger partial charge < -0.3 is 4.74 Å². The van der Waals surface area contributed by atoms with Crippen molar-refractivity contribution >= 4 is 67.9 Å². The van der Waals surface area contributed by atoms with Crippen LogP contribution in [0, 0.1) is 0 Å². The van der Waals surface area contributed by atoms with Crippen LogP contribution < -0.4 is 10.3 Å². The summed E-state index contributed by atoms with van der Waals surface area (Å²) in [5.74, 6) is 0.872. The zero-order valence-corrected chi connectivity index (χ0v) is 22.1. The normalized spacial score (nSPS) is 11.6. The third-order valence-electron chi connectivity index (χ3n) is 5.02. The molecule has 0 N–H and O–H groups in total. The summed E-state index contributed by atoms with van der Waals surface area (Å²) in [4.78, 5) is 17.8. The van der Waals surface area contributed by atoms with Gasteiger partial charge in [-0.1, -0.05) is 82.8 Å². The number of nitrogens with zero attached hydrogens (tertiary/aromatic N) is 3. The lowest BCUT2D eigenvalue weighted by molar-refractivity contribution is 0.306. The van der Waals surface area contributed by atoms with Crippen LogP contribution >= 0.6 is 50.7 Å². The molecule has 1 aromatic heterocycles. The highest BCUT2D eigenvalue weighted by atomic mass is 79.9.